The zero-order valence-corrected chi connectivity index (χ0v) is 17.4. The molecule has 2 N–H and O–H groups in total. The summed E-state index contributed by atoms with van der Waals surface area (Å²) in [4.78, 5) is 12.3. The lowest BCUT2D eigenvalue weighted by Gasteiger charge is -2.40. The van der Waals surface area contributed by atoms with Crippen molar-refractivity contribution < 1.29 is 27.9 Å². The van der Waals surface area contributed by atoms with Gasteiger partial charge in [-0.05, 0) is 31.6 Å². The second kappa shape index (κ2) is 11.3. The van der Waals surface area contributed by atoms with Crippen LogP contribution in [0.25, 0.3) is 0 Å². The van der Waals surface area contributed by atoms with Gasteiger partial charge in [0.2, 0.25) is 10.0 Å². The monoisotopic (exact) mass is 418 g/mol. The number of hydrogen-bond donors (Lipinski definition) is 2. The van der Waals surface area contributed by atoms with E-state index in [9.17, 15) is 13.2 Å². The summed E-state index contributed by atoms with van der Waals surface area (Å²) in [5.74, 6) is -0.355. The molecule has 1 amide bonds. The number of ether oxygens (including phenoxy) is 2. The topological polar surface area (TPSA) is 105 Å². The normalized spacial score (nSPS) is 21.3. The summed E-state index contributed by atoms with van der Waals surface area (Å²) in [6, 6.07) is 0. The number of piperidine rings is 1. The zero-order valence-electron chi connectivity index (χ0n) is 16.6. The van der Waals surface area contributed by atoms with E-state index in [0.29, 0.717) is 25.6 Å². The molecule has 0 aromatic rings. The van der Waals surface area contributed by atoms with Gasteiger partial charge in [-0.1, -0.05) is 18.9 Å². The summed E-state index contributed by atoms with van der Waals surface area (Å²) in [5, 5.41) is 9.11. The van der Waals surface area contributed by atoms with E-state index < -0.39 is 20.7 Å². The Labute approximate surface area is 168 Å². The number of hydroxylamine groups is 1. The van der Waals surface area contributed by atoms with Crippen molar-refractivity contribution in [2.24, 2.45) is 5.92 Å². The fourth-order valence-electron chi connectivity index (χ4n) is 4.00. The molecule has 0 aromatic carbocycles. The van der Waals surface area contributed by atoms with Crippen molar-refractivity contribution >= 4 is 15.9 Å². The molecule has 0 aliphatic carbocycles. The minimum Gasteiger partial charge on any atom is -0.381 e. The fraction of sp³-hybridized carbons (Fsp3) is 0.842. The van der Waals surface area contributed by atoms with Gasteiger partial charge < -0.3 is 9.47 Å². The molecular weight excluding hydrogens is 384 g/mol. The lowest BCUT2D eigenvalue weighted by molar-refractivity contribution is -0.134. The highest BCUT2D eigenvalue weighted by Crippen LogP contribution is 2.35. The first-order chi connectivity index (χ1) is 13.5. The molecule has 2 aliphatic heterocycles. The number of rotatable bonds is 11. The highest BCUT2D eigenvalue weighted by molar-refractivity contribution is 7.91. The first-order valence-electron chi connectivity index (χ1n) is 10.2. The third-order valence-electron chi connectivity index (χ3n) is 5.84. The Hall–Kier alpha value is -1.00. The minimum absolute atomic E-state index is 0.0630. The quantitative estimate of drug-likeness (QED) is 0.230. The number of hydrogen-bond acceptors (Lipinski definition) is 6. The predicted octanol–water partition coefficient (Wildman–Crippen LogP) is 1.85. The second-order valence-corrected chi connectivity index (χ2v) is 9.83. The first-order valence-corrected chi connectivity index (χ1v) is 11.6. The van der Waals surface area contributed by atoms with Gasteiger partial charge in [-0.3, -0.25) is 10.0 Å². The molecule has 2 heterocycles. The minimum atomic E-state index is -3.87. The van der Waals surface area contributed by atoms with Crippen LogP contribution in [-0.4, -0.2) is 68.1 Å². The zero-order chi connectivity index (χ0) is 20.5. The van der Waals surface area contributed by atoms with Gasteiger partial charge in [-0.15, -0.1) is 6.58 Å². The van der Waals surface area contributed by atoms with E-state index in [1.54, 1.807) is 5.48 Å². The summed E-state index contributed by atoms with van der Waals surface area (Å²) < 4.78 is 37.0. The molecular formula is C19H34N2O6S. The summed E-state index contributed by atoms with van der Waals surface area (Å²) in [6.07, 6.45) is 7.57. The van der Waals surface area contributed by atoms with Crippen LogP contribution in [0.4, 0.5) is 0 Å². The number of unbranched alkanes of at least 4 members (excludes halogenated alkanes) is 1. The van der Waals surface area contributed by atoms with Crippen LogP contribution in [0.5, 0.6) is 0 Å². The van der Waals surface area contributed by atoms with E-state index in [1.165, 1.54) is 4.31 Å². The van der Waals surface area contributed by atoms with Gasteiger partial charge in [-0.25, -0.2) is 18.2 Å². The second-order valence-electron chi connectivity index (χ2n) is 7.58. The van der Waals surface area contributed by atoms with Gasteiger partial charge in [0, 0.05) is 52.4 Å². The third-order valence-corrected chi connectivity index (χ3v) is 8.47. The summed E-state index contributed by atoms with van der Waals surface area (Å²) >= 11 is 0. The van der Waals surface area contributed by atoms with Crippen LogP contribution in [0.3, 0.4) is 0 Å². The van der Waals surface area contributed by atoms with E-state index in [1.807, 2.05) is 6.08 Å². The first kappa shape index (κ1) is 23.3. The van der Waals surface area contributed by atoms with Crippen LogP contribution in [0.15, 0.2) is 12.7 Å². The van der Waals surface area contributed by atoms with E-state index in [4.69, 9.17) is 14.7 Å². The highest BCUT2D eigenvalue weighted by Gasteiger charge is 2.54. The molecule has 162 valence electrons. The lowest BCUT2D eigenvalue weighted by atomic mass is 9.92. The van der Waals surface area contributed by atoms with Crippen molar-refractivity contribution in [2.45, 2.75) is 56.1 Å². The predicted molar refractivity (Wildman–Crippen MR) is 105 cm³/mol. The molecule has 2 saturated heterocycles. The molecule has 0 saturated carbocycles. The standard InChI is InChI=1S/C19H34N2O6S/c1-2-3-13-26-14-5-4-6-17-7-11-21(12-8-17)28(24,25)19(18(22)20-23)9-15-27-16-10-19/h2,17,23H,1,3-16H2,(H,20,22). The number of carbonyl (C=O) groups is 1. The van der Waals surface area contributed by atoms with Crippen LogP contribution < -0.4 is 5.48 Å². The number of sulfonamides is 1. The SMILES string of the molecule is C=CCCOCCCCC1CCN(S(=O)(=O)C2(C(=O)NO)CCOCC2)CC1. The van der Waals surface area contributed by atoms with E-state index >= 15 is 0 Å². The van der Waals surface area contributed by atoms with Gasteiger partial charge in [-0.2, -0.15) is 0 Å². The van der Waals surface area contributed by atoms with Crippen molar-refractivity contribution in [3.05, 3.63) is 12.7 Å². The maximum absolute atomic E-state index is 13.2. The average Bonchev–Trinajstić information content (AvgIpc) is 2.73. The Morgan fingerprint density at radius 2 is 1.93 bits per heavy atom. The number of carbonyl (C=O) groups excluding carboxylic acids is 1. The summed E-state index contributed by atoms with van der Waals surface area (Å²) in [5.41, 5.74) is 1.56. The number of amides is 1. The maximum Gasteiger partial charge on any atom is 0.266 e. The molecule has 0 spiro atoms. The molecule has 28 heavy (non-hydrogen) atoms. The van der Waals surface area contributed by atoms with Gasteiger partial charge in [0.25, 0.3) is 5.91 Å². The molecule has 8 nitrogen and oxygen atoms in total. The van der Waals surface area contributed by atoms with Crippen LogP contribution in [0.1, 0.15) is 51.4 Å². The van der Waals surface area contributed by atoms with E-state index in [0.717, 1.165) is 45.1 Å². The van der Waals surface area contributed by atoms with Crippen LogP contribution in [0, 0.1) is 5.92 Å². The summed E-state index contributed by atoms with van der Waals surface area (Å²) in [7, 11) is -3.87. The van der Waals surface area contributed by atoms with Crippen molar-refractivity contribution in [1.82, 2.24) is 9.79 Å². The molecule has 0 unspecified atom stereocenters. The van der Waals surface area contributed by atoms with E-state index in [2.05, 4.69) is 6.58 Å². The van der Waals surface area contributed by atoms with E-state index in [-0.39, 0.29) is 26.1 Å². The maximum atomic E-state index is 13.2. The van der Waals surface area contributed by atoms with Crippen LogP contribution in [-0.2, 0) is 24.3 Å². The Balaban J connectivity index is 1.82. The number of nitrogens with zero attached hydrogens (tertiary/aromatic N) is 1. The van der Waals surface area contributed by atoms with Crippen molar-refractivity contribution in [2.75, 3.05) is 39.5 Å². The lowest BCUT2D eigenvalue weighted by Crippen LogP contribution is -2.60. The Bertz CT molecular complexity index is 596. The number of nitrogens with one attached hydrogen (secondary N) is 1. The Morgan fingerprint density at radius 1 is 1.25 bits per heavy atom. The van der Waals surface area contributed by atoms with Gasteiger partial charge in [0.05, 0.1) is 0 Å². The van der Waals surface area contributed by atoms with Crippen LogP contribution in [0.2, 0.25) is 0 Å². The third kappa shape index (κ3) is 5.54. The van der Waals surface area contributed by atoms with Crippen molar-refractivity contribution in [3.63, 3.8) is 0 Å². The Morgan fingerprint density at radius 3 is 2.54 bits per heavy atom. The Kier molecular flexibility index (Phi) is 9.36. The molecule has 0 bridgehead atoms. The summed E-state index contributed by atoms with van der Waals surface area (Å²) in [6.45, 7) is 6.35. The largest absolute Gasteiger partial charge is 0.381 e. The molecule has 2 fully saturated rings. The average molecular weight is 419 g/mol. The highest BCUT2D eigenvalue weighted by atomic mass is 32.2. The molecule has 0 aromatic heterocycles. The van der Waals surface area contributed by atoms with Gasteiger partial charge in [0.15, 0.2) is 4.75 Å². The van der Waals surface area contributed by atoms with Gasteiger partial charge in [0.1, 0.15) is 0 Å². The van der Waals surface area contributed by atoms with Gasteiger partial charge >= 0.3 is 0 Å². The smallest absolute Gasteiger partial charge is 0.266 e. The fourth-order valence-corrected chi connectivity index (χ4v) is 6.14. The molecule has 0 radical (unpaired) electrons. The van der Waals surface area contributed by atoms with Crippen molar-refractivity contribution in [1.29, 1.82) is 0 Å². The van der Waals surface area contributed by atoms with Crippen molar-refractivity contribution in [3.8, 4) is 0 Å². The molecule has 9 heteroatoms. The van der Waals surface area contributed by atoms with Crippen LogP contribution >= 0.6 is 0 Å². The molecule has 2 rings (SSSR count). The molecule has 0 atom stereocenters. The molecule has 2 aliphatic rings.